The summed E-state index contributed by atoms with van der Waals surface area (Å²) in [7, 11) is 1.80. The predicted octanol–water partition coefficient (Wildman–Crippen LogP) is 3.95. The lowest BCUT2D eigenvalue weighted by Crippen LogP contribution is -2.23. The van der Waals surface area contributed by atoms with Crippen LogP contribution in [0.3, 0.4) is 0 Å². The molecule has 1 aliphatic heterocycles. The number of pyridine rings is 2. The topological polar surface area (TPSA) is 82.7 Å². The minimum atomic E-state index is 0.0558. The number of anilines is 3. The van der Waals surface area contributed by atoms with Gasteiger partial charge in [0.25, 0.3) is 5.56 Å². The molecule has 4 rings (SSSR count). The molecule has 0 aliphatic carbocycles. The van der Waals surface area contributed by atoms with Gasteiger partial charge in [-0.3, -0.25) is 4.79 Å². The molecule has 3 heterocycles. The summed E-state index contributed by atoms with van der Waals surface area (Å²) in [5.41, 5.74) is 4.39. The van der Waals surface area contributed by atoms with Crippen LogP contribution in [0.5, 0.6) is 0 Å². The standard InChI is InChI=1S/C20H18ClN5O/c1-26-17-6-5-12(25-16-7-9-24-19(21)15(16)11-22)10-14(17)18-13(20(26)27)4-2-3-8-23-18/h5-7,9-10,23H,2-4,8H2,1H3,(H,24,25). The number of nitrogens with zero attached hydrogens (tertiary/aromatic N) is 3. The summed E-state index contributed by atoms with van der Waals surface area (Å²) in [6.45, 7) is 0.853. The second-order valence-corrected chi connectivity index (χ2v) is 6.95. The van der Waals surface area contributed by atoms with Gasteiger partial charge < -0.3 is 15.2 Å². The highest BCUT2D eigenvalue weighted by molar-refractivity contribution is 6.31. The van der Waals surface area contributed by atoms with Crippen LogP contribution in [-0.2, 0) is 13.5 Å². The molecule has 0 saturated heterocycles. The van der Waals surface area contributed by atoms with Crippen molar-refractivity contribution in [1.82, 2.24) is 9.55 Å². The SMILES string of the molecule is Cn1c(=O)c2c(c3cc(Nc4ccnc(Cl)c4C#N)ccc31)NCCCC2. The van der Waals surface area contributed by atoms with E-state index in [1.807, 2.05) is 18.2 Å². The summed E-state index contributed by atoms with van der Waals surface area (Å²) in [4.78, 5) is 16.7. The number of halogens is 1. The molecule has 136 valence electrons. The Morgan fingerprint density at radius 2 is 2.19 bits per heavy atom. The maximum Gasteiger partial charge on any atom is 0.256 e. The van der Waals surface area contributed by atoms with Crippen molar-refractivity contribution in [3.05, 3.63) is 57.1 Å². The molecule has 0 atom stereocenters. The van der Waals surface area contributed by atoms with E-state index >= 15 is 0 Å². The molecule has 2 N–H and O–H groups in total. The predicted molar refractivity (Wildman–Crippen MR) is 108 cm³/mol. The lowest BCUT2D eigenvalue weighted by molar-refractivity contribution is 0.771. The van der Waals surface area contributed by atoms with Gasteiger partial charge in [-0.1, -0.05) is 11.6 Å². The van der Waals surface area contributed by atoms with Crippen molar-refractivity contribution in [1.29, 1.82) is 5.26 Å². The van der Waals surface area contributed by atoms with Crippen molar-refractivity contribution >= 4 is 39.6 Å². The van der Waals surface area contributed by atoms with E-state index in [1.54, 1.807) is 23.9 Å². The molecule has 0 unspecified atom stereocenters. The van der Waals surface area contributed by atoms with Gasteiger partial charge in [-0.15, -0.1) is 0 Å². The maximum atomic E-state index is 12.7. The molecule has 0 fully saturated rings. The Morgan fingerprint density at radius 1 is 1.33 bits per heavy atom. The number of benzene rings is 1. The summed E-state index contributed by atoms with van der Waals surface area (Å²) in [6, 6.07) is 9.61. The number of hydrogen-bond acceptors (Lipinski definition) is 5. The number of nitrogens with one attached hydrogen (secondary N) is 2. The fraction of sp³-hybridized carbons (Fsp3) is 0.250. The molecule has 2 aromatic heterocycles. The van der Waals surface area contributed by atoms with Crippen LogP contribution in [-0.4, -0.2) is 16.1 Å². The summed E-state index contributed by atoms with van der Waals surface area (Å²) < 4.78 is 1.70. The number of rotatable bonds is 2. The third-order valence-electron chi connectivity index (χ3n) is 4.94. The fourth-order valence-corrected chi connectivity index (χ4v) is 3.76. The van der Waals surface area contributed by atoms with Crippen LogP contribution in [0, 0.1) is 11.3 Å². The van der Waals surface area contributed by atoms with Crippen LogP contribution in [0.1, 0.15) is 24.0 Å². The number of aromatic nitrogens is 2. The van der Waals surface area contributed by atoms with Crippen LogP contribution in [0.25, 0.3) is 10.9 Å². The minimum Gasteiger partial charge on any atom is -0.384 e. The number of aryl methyl sites for hydroxylation is 1. The first kappa shape index (κ1) is 17.4. The van der Waals surface area contributed by atoms with Gasteiger partial charge in [0, 0.05) is 36.4 Å². The van der Waals surface area contributed by atoms with E-state index in [1.165, 1.54) is 0 Å². The Balaban J connectivity index is 1.87. The van der Waals surface area contributed by atoms with E-state index in [9.17, 15) is 10.1 Å². The van der Waals surface area contributed by atoms with Crippen LogP contribution in [0.15, 0.2) is 35.3 Å². The van der Waals surface area contributed by atoms with Crippen LogP contribution in [0.2, 0.25) is 5.15 Å². The van der Waals surface area contributed by atoms with Gasteiger partial charge in [0.2, 0.25) is 0 Å². The van der Waals surface area contributed by atoms with Gasteiger partial charge in [0.1, 0.15) is 16.8 Å². The van der Waals surface area contributed by atoms with Gasteiger partial charge in [-0.05, 0) is 43.5 Å². The molecule has 0 saturated carbocycles. The van der Waals surface area contributed by atoms with Gasteiger partial charge in [-0.2, -0.15) is 5.26 Å². The van der Waals surface area contributed by atoms with E-state index in [4.69, 9.17) is 11.6 Å². The summed E-state index contributed by atoms with van der Waals surface area (Å²) in [6.07, 6.45) is 4.38. The lowest BCUT2D eigenvalue weighted by atomic mass is 10.0. The van der Waals surface area contributed by atoms with Crippen molar-refractivity contribution in [2.24, 2.45) is 7.05 Å². The van der Waals surface area contributed by atoms with Crippen molar-refractivity contribution in [2.45, 2.75) is 19.3 Å². The zero-order chi connectivity index (χ0) is 19.0. The van der Waals surface area contributed by atoms with Crippen LogP contribution in [0.4, 0.5) is 17.1 Å². The second-order valence-electron chi connectivity index (χ2n) is 6.59. The average molecular weight is 380 g/mol. The third kappa shape index (κ3) is 3.00. The Morgan fingerprint density at radius 3 is 3.00 bits per heavy atom. The van der Waals surface area contributed by atoms with Gasteiger partial charge in [0.15, 0.2) is 0 Å². The molecule has 27 heavy (non-hydrogen) atoms. The highest BCUT2D eigenvalue weighted by atomic mass is 35.5. The monoisotopic (exact) mass is 379 g/mol. The molecule has 7 heteroatoms. The fourth-order valence-electron chi connectivity index (χ4n) is 3.56. The molecule has 6 nitrogen and oxygen atoms in total. The largest absolute Gasteiger partial charge is 0.384 e. The molecule has 1 aromatic carbocycles. The average Bonchev–Trinajstić information content (AvgIpc) is 2.93. The Labute approximate surface area is 161 Å². The van der Waals surface area contributed by atoms with Crippen LogP contribution < -0.4 is 16.2 Å². The smallest absolute Gasteiger partial charge is 0.256 e. The highest BCUT2D eigenvalue weighted by Crippen LogP contribution is 2.32. The quantitative estimate of drug-likeness (QED) is 0.659. The molecule has 0 amide bonds. The van der Waals surface area contributed by atoms with E-state index in [2.05, 4.69) is 21.7 Å². The van der Waals surface area contributed by atoms with Crippen molar-refractivity contribution in [3.63, 3.8) is 0 Å². The molecular formula is C20H18ClN5O. The zero-order valence-corrected chi connectivity index (χ0v) is 15.6. The molecule has 1 aliphatic rings. The first-order valence-corrected chi connectivity index (χ1v) is 9.19. The van der Waals surface area contributed by atoms with Crippen molar-refractivity contribution < 1.29 is 0 Å². The molecule has 0 radical (unpaired) electrons. The number of hydrogen-bond donors (Lipinski definition) is 2. The first-order chi connectivity index (χ1) is 13.1. The Kier molecular flexibility index (Phi) is 4.46. The molecule has 0 bridgehead atoms. The normalized spacial score (nSPS) is 13.4. The van der Waals surface area contributed by atoms with Gasteiger partial charge in [0.05, 0.1) is 16.9 Å². The van der Waals surface area contributed by atoms with Crippen molar-refractivity contribution in [2.75, 3.05) is 17.2 Å². The van der Waals surface area contributed by atoms with Gasteiger partial charge in [-0.25, -0.2) is 4.98 Å². The van der Waals surface area contributed by atoms with E-state index in [0.717, 1.165) is 53.6 Å². The van der Waals surface area contributed by atoms with Gasteiger partial charge >= 0.3 is 0 Å². The first-order valence-electron chi connectivity index (χ1n) is 8.81. The summed E-state index contributed by atoms with van der Waals surface area (Å²) >= 11 is 6.02. The lowest BCUT2D eigenvalue weighted by Gasteiger charge is -2.16. The number of fused-ring (bicyclic) bond motifs is 3. The minimum absolute atomic E-state index is 0.0558. The maximum absolute atomic E-state index is 12.7. The Hall–Kier alpha value is -3.04. The zero-order valence-electron chi connectivity index (χ0n) is 14.8. The molecular weight excluding hydrogens is 362 g/mol. The molecule has 0 spiro atoms. The molecule has 3 aromatic rings. The van der Waals surface area contributed by atoms with Crippen molar-refractivity contribution in [3.8, 4) is 6.07 Å². The van der Waals surface area contributed by atoms with E-state index in [0.29, 0.717) is 11.3 Å². The second kappa shape index (κ2) is 6.93. The van der Waals surface area contributed by atoms with Crippen LogP contribution >= 0.6 is 11.6 Å². The Bertz CT molecular complexity index is 1150. The van der Waals surface area contributed by atoms with E-state index < -0.39 is 0 Å². The summed E-state index contributed by atoms with van der Waals surface area (Å²) in [5.74, 6) is 0. The number of nitriles is 1. The summed E-state index contributed by atoms with van der Waals surface area (Å²) in [5, 5.41) is 17.2. The van der Waals surface area contributed by atoms with E-state index in [-0.39, 0.29) is 10.7 Å². The third-order valence-corrected chi connectivity index (χ3v) is 5.23. The highest BCUT2D eigenvalue weighted by Gasteiger charge is 2.18.